The van der Waals surface area contributed by atoms with Crippen molar-refractivity contribution in [2.24, 2.45) is 0 Å². The molecule has 4 heterocycles. The molecule has 1 saturated heterocycles. The van der Waals surface area contributed by atoms with Crippen LogP contribution in [0.4, 0.5) is 22.7 Å². The molecule has 0 amide bonds. The van der Waals surface area contributed by atoms with Gasteiger partial charge in [0, 0.05) is 68.5 Å². The molecule has 6 heteroatoms. The van der Waals surface area contributed by atoms with E-state index in [1.54, 1.807) is 0 Å². The number of benzene rings is 7. The summed E-state index contributed by atoms with van der Waals surface area (Å²) in [5.41, 5.74) is 16.4. The summed E-state index contributed by atoms with van der Waals surface area (Å²) in [6.45, 7) is 20.4. The number of fused-ring (bicyclic) bond motifs is 7. The van der Waals surface area contributed by atoms with Gasteiger partial charge in [-0.05, 0) is 87.2 Å². The van der Waals surface area contributed by atoms with Crippen LogP contribution in [-0.4, -0.2) is 9.55 Å². The number of hydrogen-bond donors (Lipinski definition) is 0. The van der Waals surface area contributed by atoms with Crippen LogP contribution in [0.1, 0.15) is 63.8 Å². The molecule has 0 saturated carbocycles. The maximum atomic E-state index is 7.01. The van der Waals surface area contributed by atoms with Crippen molar-refractivity contribution in [2.75, 3.05) is 0 Å². The van der Waals surface area contributed by atoms with Crippen LogP contribution in [0, 0.1) is 32.6 Å². The first-order valence-electron chi connectivity index (χ1n) is 22.0. The molecular weight excluding hydrogens is 964 g/mol. The molecule has 0 radical (unpaired) electrons. The van der Waals surface area contributed by atoms with Crippen LogP contribution in [-0.2, 0) is 31.9 Å². The van der Waals surface area contributed by atoms with E-state index in [0.29, 0.717) is 20.7 Å². The Morgan fingerprint density at radius 1 is 0.562 bits per heavy atom. The standard InChI is InChI=1S/C58H51N4O.Pt/c1-38-16-14-17-39(2)56(38)42-31-46(62-37-61(62,54-33-43(57(3,4)5)24-27-53(54)62)45-21-15-20-41(30-45)40-18-10-9-11-19-40)35-48(32-42)63-47-25-26-50-49-22-12-13-23-51(49)60(52(50)36-47)55-34-44(28-29-59-55)58(6,7)8;/h9-34,37H,1-8H3;/q-1;/t61-,62?;/m0./s1. The Kier molecular flexibility index (Phi) is 9.81. The van der Waals surface area contributed by atoms with Gasteiger partial charge < -0.3 is 9.30 Å². The maximum absolute atomic E-state index is 7.01. The van der Waals surface area contributed by atoms with Crippen LogP contribution in [0.2, 0.25) is 0 Å². The van der Waals surface area contributed by atoms with Gasteiger partial charge in [-0.25, -0.2) is 9.58 Å². The third-order valence-electron chi connectivity index (χ3n) is 13.3. The number of nitrogens with zero attached hydrogens (tertiary/aromatic N) is 4. The molecule has 2 aliphatic heterocycles. The summed E-state index contributed by atoms with van der Waals surface area (Å²) in [6, 6.07) is 62.4. The Labute approximate surface area is 391 Å². The molecule has 2 aromatic heterocycles. The van der Waals surface area contributed by atoms with Gasteiger partial charge in [0.1, 0.15) is 5.82 Å². The molecule has 9 aromatic rings. The fourth-order valence-corrected chi connectivity index (χ4v) is 9.95. The Bertz CT molecular complexity index is 3280. The van der Waals surface area contributed by atoms with E-state index in [1.165, 1.54) is 56.0 Å². The molecule has 0 aliphatic carbocycles. The summed E-state index contributed by atoms with van der Waals surface area (Å²) in [5.74, 6) is 2.11. The summed E-state index contributed by atoms with van der Waals surface area (Å²) >= 11 is 0. The minimum Gasteiger partial charge on any atom is -0.509 e. The molecule has 320 valence electrons. The second kappa shape index (κ2) is 15.0. The second-order valence-corrected chi connectivity index (χ2v) is 19.4. The van der Waals surface area contributed by atoms with E-state index < -0.39 is 0 Å². The van der Waals surface area contributed by atoms with Crippen molar-refractivity contribution < 1.29 is 25.8 Å². The van der Waals surface area contributed by atoms with Crippen molar-refractivity contribution in [2.45, 2.75) is 66.2 Å². The van der Waals surface area contributed by atoms with Gasteiger partial charge in [0.25, 0.3) is 0 Å². The summed E-state index contributed by atoms with van der Waals surface area (Å²) in [6.07, 6.45) is 1.91. The molecule has 0 bridgehead atoms. The van der Waals surface area contributed by atoms with Crippen molar-refractivity contribution in [3.8, 4) is 39.6 Å². The molecule has 11 rings (SSSR count). The number of ether oxygens (including phenoxy) is 1. The van der Waals surface area contributed by atoms with E-state index >= 15 is 0 Å². The third-order valence-corrected chi connectivity index (χ3v) is 13.3. The average Bonchev–Trinajstić information content (AvgIpc) is 3.77. The molecule has 1 fully saturated rings. The maximum Gasteiger partial charge on any atom is 0.225 e. The van der Waals surface area contributed by atoms with Crippen LogP contribution in [0.15, 0.2) is 158 Å². The van der Waals surface area contributed by atoms with Gasteiger partial charge in [-0.1, -0.05) is 144 Å². The first-order chi connectivity index (χ1) is 30.3. The number of rotatable bonds is 7. The fourth-order valence-electron chi connectivity index (χ4n) is 9.95. The van der Waals surface area contributed by atoms with Gasteiger partial charge >= 0.3 is 0 Å². The van der Waals surface area contributed by atoms with Gasteiger partial charge in [-0.3, -0.25) is 0 Å². The smallest absolute Gasteiger partial charge is 0.225 e. The van der Waals surface area contributed by atoms with E-state index in [-0.39, 0.29) is 31.9 Å². The number of hydrogen-bond acceptors (Lipinski definition) is 2. The van der Waals surface area contributed by atoms with Gasteiger partial charge in [-0.15, -0.1) is 29.1 Å². The SMILES string of the molecule is Cc1cccc(C)c1-c1cc(Oc2[c-]c3c(cc2)c2ccccc2n3-c2cc(C(C)(C)C)ccn2)[c-]c([N+]23[CH-][N@+]2(c2cccc(-c4ccccc4)c2)c2cc(C(C)(C)C)ccc23)c1.[Pt]. The van der Waals surface area contributed by atoms with Gasteiger partial charge in [0.15, 0.2) is 12.4 Å². The topological polar surface area (TPSA) is 27.1 Å². The minimum atomic E-state index is -0.0315. The van der Waals surface area contributed by atoms with E-state index in [4.69, 9.17) is 9.72 Å². The van der Waals surface area contributed by atoms with Gasteiger partial charge in [0.05, 0.1) is 5.69 Å². The number of para-hydroxylation sites is 1. The minimum absolute atomic E-state index is 0. The van der Waals surface area contributed by atoms with Crippen LogP contribution in [0.3, 0.4) is 0 Å². The zero-order valence-electron chi connectivity index (χ0n) is 37.6. The van der Waals surface area contributed by atoms with Crippen molar-refractivity contribution in [3.63, 3.8) is 0 Å². The van der Waals surface area contributed by atoms with E-state index in [2.05, 4.69) is 224 Å². The van der Waals surface area contributed by atoms with Crippen molar-refractivity contribution >= 4 is 44.6 Å². The Balaban J connectivity index is 0.00000484. The van der Waals surface area contributed by atoms with Crippen LogP contribution < -0.4 is 13.9 Å². The number of quaternary nitrogens is 2. The molecular formula is C58H51N4OPt-. The average molecular weight is 1020 g/mol. The first-order valence-corrected chi connectivity index (χ1v) is 22.0. The molecule has 64 heavy (non-hydrogen) atoms. The Hall–Kier alpha value is -6.10. The largest absolute Gasteiger partial charge is 0.509 e. The van der Waals surface area contributed by atoms with Crippen molar-refractivity contribution in [1.29, 1.82) is 0 Å². The third kappa shape index (κ3) is 6.43. The normalized spacial score (nSPS) is 17.6. The molecule has 5 nitrogen and oxygen atoms in total. The predicted octanol–water partition coefficient (Wildman–Crippen LogP) is 15.5. The van der Waals surface area contributed by atoms with E-state index in [0.717, 1.165) is 38.9 Å². The van der Waals surface area contributed by atoms with Gasteiger partial charge in [-0.2, -0.15) is 10.7 Å². The predicted molar refractivity (Wildman–Crippen MR) is 261 cm³/mol. The summed E-state index contributed by atoms with van der Waals surface area (Å²) in [5, 5.41) is 2.24. The van der Waals surface area contributed by atoms with Gasteiger partial charge in [0.2, 0.25) is 11.4 Å². The van der Waals surface area contributed by atoms with E-state index in [1.807, 2.05) is 12.3 Å². The van der Waals surface area contributed by atoms with Crippen LogP contribution in [0.5, 0.6) is 11.5 Å². The molecule has 7 aromatic carbocycles. The van der Waals surface area contributed by atoms with Crippen LogP contribution in [0.25, 0.3) is 49.9 Å². The summed E-state index contributed by atoms with van der Waals surface area (Å²) in [7, 11) is 0. The molecule has 2 atom stereocenters. The Morgan fingerprint density at radius 2 is 1.27 bits per heavy atom. The zero-order chi connectivity index (χ0) is 43.5. The fraction of sp³-hybridized carbons (Fsp3) is 0.172. The summed E-state index contributed by atoms with van der Waals surface area (Å²) < 4.78 is 10.3. The number of aromatic nitrogens is 2. The molecule has 2 aliphatic rings. The quantitative estimate of drug-likeness (QED) is 0.0904. The second-order valence-electron chi connectivity index (χ2n) is 19.4. The Morgan fingerprint density at radius 3 is 2.03 bits per heavy atom. The molecule has 0 spiro atoms. The van der Waals surface area contributed by atoms with E-state index in [9.17, 15) is 0 Å². The van der Waals surface area contributed by atoms with Crippen LogP contribution >= 0.6 is 0 Å². The zero-order valence-corrected chi connectivity index (χ0v) is 39.9. The molecule has 1 unspecified atom stereocenters. The monoisotopic (exact) mass is 1010 g/mol. The summed E-state index contributed by atoms with van der Waals surface area (Å²) in [4.78, 5) is 4.91. The number of pyridine rings is 1. The number of aryl methyl sites for hydroxylation is 2. The van der Waals surface area contributed by atoms with Crippen molar-refractivity contribution in [1.82, 2.24) is 18.7 Å². The molecule has 0 N–H and O–H groups in total. The first kappa shape index (κ1) is 41.9. The van der Waals surface area contributed by atoms with Crippen molar-refractivity contribution in [3.05, 3.63) is 199 Å².